The van der Waals surface area contributed by atoms with Gasteiger partial charge in [0.25, 0.3) is 5.91 Å². The molecule has 0 radical (unpaired) electrons. The summed E-state index contributed by atoms with van der Waals surface area (Å²) in [4.78, 5) is 31.3. The smallest absolute Gasteiger partial charge is 0.256 e. The van der Waals surface area contributed by atoms with Crippen LogP contribution in [0.2, 0.25) is 0 Å². The maximum absolute atomic E-state index is 12.7. The first kappa shape index (κ1) is 17.8. The van der Waals surface area contributed by atoms with E-state index in [0.717, 1.165) is 31.2 Å². The molecule has 1 aliphatic carbocycles. The van der Waals surface area contributed by atoms with Gasteiger partial charge in [-0.05, 0) is 31.1 Å². The Kier molecular flexibility index (Phi) is 4.51. The number of carbonyl (C=O) groups excluding carboxylic acids is 1. The lowest BCUT2D eigenvalue weighted by atomic mass is 9.81. The van der Waals surface area contributed by atoms with Crippen molar-refractivity contribution in [3.05, 3.63) is 42.2 Å². The lowest BCUT2D eigenvalue weighted by molar-refractivity contribution is 0.0439. The highest BCUT2D eigenvalue weighted by atomic mass is 16.3. The fourth-order valence-corrected chi connectivity index (χ4v) is 3.46. The molecule has 1 aliphatic heterocycles. The van der Waals surface area contributed by atoms with Crippen molar-refractivity contribution in [2.75, 3.05) is 25.0 Å². The summed E-state index contributed by atoms with van der Waals surface area (Å²) >= 11 is 0. The number of piperidine rings is 1. The molecule has 2 aliphatic rings. The first-order chi connectivity index (χ1) is 13.0. The van der Waals surface area contributed by atoms with Crippen molar-refractivity contribution in [3.63, 3.8) is 0 Å². The monoisotopic (exact) mass is 368 g/mol. The van der Waals surface area contributed by atoms with Crippen molar-refractivity contribution < 1.29 is 9.90 Å². The van der Waals surface area contributed by atoms with Crippen molar-refractivity contribution in [3.8, 4) is 0 Å². The Morgan fingerprint density at radius 2 is 1.74 bits per heavy atom. The normalized spacial score (nSPS) is 20.1. The molecule has 2 fully saturated rings. The van der Waals surface area contributed by atoms with E-state index in [1.165, 1.54) is 6.33 Å². The number of aromatic nitrogens is 4. The molecule has 1 saturated heterocycles. The van der Waals surface area contributed by atoms with Crippen LogP contribution in [0.4, 0.5) is 5.95 Å². The number of nitrogens with zero attached hydrogens (tertiary/aromatic N) is 5. The van der Waals surface area contributed by atoms with Gasteiger partial charge >= 0.3 is 0 Å². The summed E-state index contributed by atoms with van der Waals surface area (Å²) in [6.45, 7) is 3.51. The molecule has 0 unspecified atom stereocenters. The third kappa shape index (κ3) is 3.62. The molecule has 1 amide bonds. The molecule has 8 heteroatoms. The summed E-state index contributed by atoms with van der Waals surface area (Å²) in [5.41, 5.74) is 1.23. The average Bonchev–Trinajstić information content (AvgIpc) is 3.50. The van der Waals surface area contributed by atoms with Crippen molar-refractivity contribution in [2.45, 2.75) is 38.1 Å². The summed E-state index contributed by atoms with van der Waals surface area (Å²) in [5.74, 6) is 0.443. The zero-order valence-corrected chi connectivity index (χ0v) is 15.4. The molecule has 8 nitrogen and oxygen atoms in total. The molecule has 0 spiro atoms. The molecule has 2 aromatic heterocycles. The van der Waals surface area contributed by atoms with Crippen molar-refractivity contribution >= 4 is 11.9 Å². The fraction of sp³-hybridized carbons (Fsp3) is 0.526. The predicted octanol–water partition coefficient (Wildman–Crippen LogP) is 1.60. The van der Waals surface area contributed by atoms with E-state index in [9.17, 15) is 9.90 Å². The molecule has 1 saturated carbocycles. The van der Waals surface area contributed by atoms with Crippen LogP contribution in [0.3, 0.4) is 0 Å². The van der Waals surface area contributed by atoms with E-state index < -0.39 is 0 Å². The second-order valence-corrected chi connectivity index (χ2v) is 7.89. The molecule has 142 valence electrons. The number of aliphatic hydroxyl groups excluding tert-OH is 1. The van der Waals surface area contributed by atoms with Crippen molar-refractivity contribution in [1.29, 1.82) is 0 Å². The number of anilines is 1. The minimum atomic E-state index is -0.200. The molecule has 0 aromatic carbocycles. The van der Waals surface area contributed by atoms with Crippen molar-refractivity contribution in [1.82, 2.24) is 24.8 Å². The van der Waals surface area contributed by atoms with Gasteiger partial charge in [-0.3, -0.25) is 4.79 Å². The second kappa shape index (κ2) is 6.84. The Hall–Kier alpha value is -2.61. The molecular weight excluding hydrogens is 344 g/mol. The molecule has 3 heterocycles. The number of aliphatic hydroxyl groups is 1. The first-order valence-corrected chi connectivity index (χ1v) is 9.30. The van der Waals surface area contributed by atoms with Crippen LogP contribution in [0.15, 0.2) is 31.1 Å². The van der Waals surface area contributed by atoms with Crippen LogP contribution in [-0.2, 0) is 5.54 Å². The fourth-order valence-electron chi connectivity index (χ4n) is 3.46. The van der Waals surface area contributed by atoms with Crippen LogP contribution in [0, 0.1) is 5.41 Å². The molecule has 27 heavy (non-hydrogen) atoms. The van der Waals surface area contributed by atoms with Gasteiger partial charge in [0, 0.05) is 50.0 Å². The number of likely N-dealkylation sites (tertiary alicyclic amines) is 1. The van der Waals surface area contributed by atoms with Gasteiger partial charge < -0.3 is 15.3 Å². The number of rotatable bonds is 5. The topological polar surface area (TPSA) is 104 Å². The SMILES string of the molecule is CC1(CO)CCN(C(=O)c2cnc(NC3(c4cncnc4)CC3)nc2)CC1. The lowest BCUT2D eigenvalue weighted by Crippen LogP contribution is -2.43. The van der Waals surface area contributed by atoms with Crippen LogP contribution in [-0.4, -0.2) is 55.5 Å². The highest BCUT2D eigenvalue weighted by molar-refractivity contribution is 5.93. The standard InChI is InChI=1S/C19H24N6O2/c1-18(12-26)4-6-25(7-5-18)16(27)14-8-22-17(23-9-14)24-19(2-3-19)15-10-20-13-21-11-15/h8-11,13,26H,2-7,12H2,1H3,(H,22,23,24). The van der Waals surface area contributed by atoms with Gasteiger partial charge in [0.15, 0.2) is 0 Å². The largest absolute Gasteiger partial charge is 0.396 e. The zero-order chi connectivity index (χ0) is 18.9. The molecular formula is C19H24N6O2. The van der Waals surface area contributed by atoms with E-state index in [0.29, 0.717) is 24.6 Å². The van der Waals surface area contributed by atoms with Crippen LogP contribution in [0.25, 0.3) is 0 Å². The van der Waals surface area contributed by atoms with E-state index in [2.05, 4.69) is 32.2 Å². The first-order valence-electron chi connectivity index (χ1n) is 9.30. The number of hydrogen-bond donors (Lipinski definition) is 2. The summed E-state index contributed by atoms with van der Waals surface area (Å²) in [6, 6.07) is 0. The van der Waals surface area contributed by atoms with Crippen LogP contribution in [0.5, 0.6) is 0 Å². The van der Waals surface area contributed by atoms with E-state index in [4.69, 9.17) is 0 Å². The molecule has 2 aromatic rings. The summed E-state index contributed by atoms with van der Waals surface area (Å²) in [7, 11) is 0. The van der Waals surface area contributed by atoms with Gasteiger partial charge in [-0.25, -0.2) is 19.9 Å². The number of hydrogen-bond acceptors (Lipinski definition) is 7. The molecule has 0 atom stereocenters. The third-order valence-electron chi connectivity index (χ3n) is 5.75. The minimum Gasteiger partial charge on any atom is -0.396 e. The Balaban J connectivity index is 1.40. The van der Waals surface area contributed by atoms with Crippen molar-refractivity contribution in [2.24, 2.45) is 5.41 Å². The van der Waals surface area contributed by atoms with Gasteiger partial charge in [0.2, 0.25) is 5.95 Å². The highest BCUT2D eigenvalue weighted by Crippen LogP contribution is 2.47. The Morgan fingerprint density at radius 3 is 2.30 bits per heavy atom. The van der Waals surface area contributed by atoms with E-state index in [-0.39, 0.29) is 23.5 Å². The quantitative estimate of drug-likeness (QED) is 0.826. The summed E-state index contributed by atoms with van der Waals surface area (Å²) in [5, 5.41) is 12.8. The number of amides is 1. The van der Waals surface area contributed by atoms with Gasteiger partial charge in [-0.15, -0.1) is 0 Å². The zero-order valence-electron chi connectivity index (χ0n) is 15.4. The van der Waals surface area contributed by atoms with E-state index >= 15 is 0 Å². The van der Waals surface area contributed by atoms with Gasteiger partial charge in [-0.1, -0.05) is 6.92 Å². The highest BCUT2D eigenvalue weighted by Gasteiger charge is 2.45. The summed E-state index contributed by atoms with van der Waals surface area (Å²) in [6.07, 6.45) is 11.8. The lowest BCUT2D eigenvalue weighted by Gasteiger charge is -2.38. The number of nitrogens with one attached hydrogen (secondary N) is 1. The maximum atomic E-state index is 12.7. The maximum Gasteiger partial charge on any atom is 0.256 e. The molecule has 2 N–H and O–H groups in total. The van der Waals surface area contributed by atoms with Gasteiger partial charge in [0.05, 0.1) is 11.1 Å². The van der Waals surface area contributed by atoms with Gasteiger partial charge in [0.1, 0.15) is 6.33 Å². The third-order valence-corrected chi connectivity index (χ3v) is 5.75. The minimum absolute atomic E-state index is 0.0564. The summed E-state index contributed by atoms with van der Waals surface area (Å²) < 4.78 is 0. The Bertz CT molecular complexity index is 799. The molecule has 4 rings (SSSR count). The Labute approximate surface area is 158 Å². The van der Waals surface area contributed by atoms with Gasteiger partial charge in [-0.2, -0.15) is 0 Å². The van der Waals surface area contributed by atoms with E-state index in [1.807, 2.05) is 4.90 Å². The number of carbonyl (C=O) groups is 1. The Morgan fingerprint density at radius 1 is 1.11 bits per heavy atom. The average molecular weight is 368 g/mol. The van der Waals surface area contributed by atoms with Crippen LogP contribution >= 0.6 is 0 Å². The molecule has 0 bridgehead atoms. The van der Waals surface area contributed by atoms with Crippen LogP contribution < -0.4 is 5.32 Å². The van der Waals surface area contributed by atoms with E-state index in [1.54, 1.807) is 24.8 Å². The second-order valence-electron chi connectivity index (χ2n) is 7.89. The predicted molar refractivity (Wildman–Crippen MR) is 98.9 cm³/mol. The van der Waals surface area contributed by atoms with Crippen LogP contribution in [0.1, 0.15) is 48.5 Å².